The Hall–Kier alpha value is -3.98. The molecule has 28 heavy (non-hydrogen) atoms. The third-order valence-electron chi connectivity index (χ3n) is 3.85. The molecule has 5 nitrogen and oxygen atoms in total. The molecule has 3 aromatic rings. The monoisotopic (exact) mass is 373 g/mol. The van der Waals surface area contributed by atoms with Crippen molar-refractivity contribution in [3.8, 4) is 11.8 Å². The second-order valence-electron chi connectivity index (χ2n) is 5.87. The van der Waals surface area contributed by atoms with Gasteiger partial charge in [-0.05, 0) is 71.8 Å². The summed E-state index contributed by atoms with van der Waals surface area (Å²) >= 11 is 0. The van der Waals surface area contributed by atoms with E-state index in [1.807, 2.05) is 6.07 Å². The summed E-state index contributed by atoms with van der Waals surface area (Å²) in [6, 6.07) is 21.6. The third-order valence-corrected chi connectivity index (χ3v) is 3.85. The van der Waals surface area contributed by atoms with E-state index >= 15 is 0 Å². The molecule has 0 heterocycles. The van der Waals surface area contributed by atoms with Gasteiger partial charge in [-0.1, -0.05) is 12.1 Å². The van der Waals surface area contributed by atoms with Gasteiger partial charge in [0.05, 0.1) is 17.8 Å². The first-order valence-corrected chi connectivity index (χ1v) is 8.45. The summed E-state index contributed by atoms with van der Waals surface area (Å²) in [5.41, 5.74) is 5.00. The van der Waals surface area contributed by atoms with Gasteiger partial charge in [-0.2, -0.15) is 10.4 Å². The first-order chi connectivity index (χ1) is 13.6. The van der Waals surface area contributed by atoms with Crippen LogP contribution < -0.4 is 10.2 Å². The van der Waals surface area contributed by atoms with E-state index in [0.717, 1.165) is 11.1 Å². The van der Waals surface area contributed by atoms with Crippen molar-refractivity contribution in [3.05, 3.63) is 101 Å². The van der Waals surface area contributed by atoms with Crippen LogP contribution in [0.4, 0.5) is 4.39 Å². The largest absolute Gasteiger partial charge is 0.489 e. The predicted molar refractivity (Wildman–Crippen MR) is 103 cm³/mol. The Morgan fingerprint density at radius 2 is 1.71 bits per heavy atom. The zero-order chi connectivity index (χ0) is 19.8. The number of benzene rings is 3. The van der Waals surface area contributed by atoms with Crippen LogP contribution in [0, 0.1) is 17.1 Å². The number of nitrogens with zero attached hydrogens (tertiary/aromatic N) is 2. The molecule has 138 valence electrons. The van der Waals surface area contributed by atoms with Crippen LogP contribution in [-0.2, 0) is 6.61 Å². The fourth-order valence-corrected chi connectivity index (χ4v) is 2.32. The number of hydrogen-bond donors (Lipinski definition) is 1. The van der Waals surface area contributed by atoms with Gasteiger partial charge >= 0.3 is 0 Å². The van der Waals surface area contributed by atoms with Crippen LogP contribution in [-0.4, -0.2) is 12.1 Å². The number of carbonyl (C=O) groups is 1. The van der Waals surface area contributed by atoms with Gasteiger partial charge in [-0.3, -0.25) is 4.79 Å². The van der Waals surface area contributed by atoms with Gasteiger partial charge in [-0.25, -0.2) is 9.82 Å². The Labute approximate surface area is 161 Å². The van der Waals surface area contributed by atoms with Gasteiger partial charge in [-0.15, -0.1) is 0 Å². The smallest absolute Gasteiger partial charge is 0.271 e. The molecule has 0 fully saturated rings. The molecule has 0 aliphatic rings. The number of hydrogen-bond acceptors (Lipinski definition) is 4. The second-order valence-corrected chi connectivity index (χ2v) is 5.87. The Kier molecular flexibility index (Phi) is 6.11. The van der Waals surface area contributed by atoms with Crippen LogP contribution in [0.5, 0.6) is 5.75 Å². The molecular formula is C22H16FN3O2. The van der Waals surface area contributed by atoms with Crippen molar-refractivity contribution in [2.75, 3.05) is 0 Å². The number of carbonyl (C=O) groups excluding carboxylic acids is 1. The van der Waals surface area contributed by atoms with E-state index in [0.29, 0.717) is 23.5 Å². The number of ether oxygens (including phenoxy) is 1. The highest BCUT2D eigenvalue weighted by atomic mass is 19.1. The van der Waals surface area contributed by atoms with Gasteiger partial charge in [0.2, 0.25) is 0 Å². The zero-order valence-corrected chi connectivity index (χ0v) is 14.8. The van der Waals surface area contributed by atoms with Gasteiger partial charge < -0.3 is 4.74 Å². The SMILES string of the molecule is N#Cc1ccc(C(=O)N/N=C\c2ccc(OCc3ccc(F)cc3)cc2)cc1. The maximum Gasteiger partial charge on any atom is 0.271 e. The van der Waals surface area contributed by atoms with Gasteiger partial charge in [0, 0.05) is 5.56 Å². The maximum atomic E-state index is 12.9. The molecule has 0 radical (unpaired) electrons. The van der Waals surface area contributed by atoms with Gasteiger partial charge in [0.25, 0.3) is 5.91 Å². The Balaban J connectivity index is 1.51. The Morgan fingerprint density at radius 1 is 1.04 bits per heavy atom. The molecule has 0 bridgehead atoms. The lowest BCUT2D eigenvalue weighted by atomic mass is 10.1. The number of halogens is 1. The summed E-state index contributed by atoms with van der Waals surface area (Å²) in [6.07, 6.45) is 1.52. The first kappa shape index (κ1) is 18.8. The molecule has 1 N–H and O–H groups in total. The normalized spacial score (nSPS) is 10.4. The van der Waals surface area contributed by atoms with Gasteiger partial charge in [0.1, 0.15) is 18.2 Å². The van der Waals surface area contributed by atoms with E-state index in [4.69, 9.17) is 10.00 Å². The summed E-state index contributed by atoms with van der Waals surface area (Å²) in [5.74, 6) is 0.0294. The van der Waals surface area contributed by atoms with Crippen LogP contribution in [0.25, 0.3) is 0 Å². The van der Waals surface area contributed by atoms with Crippen molar-refractivity contribution < 1.29 is 13.9 Å². The highest BCUT2D eigenvalue weighted by Crippen LogP contribution is 2.14. The van der Waals surface area contributed by atoms with Gasteiger partial charge in [0.15, 0.2) is 0 Å². The first-order valence-electron chi connectivity index (χ1n) is 8.45. The molecule has 0 aliphatic heterocycles. The zero-order valence-electron chi connectivity index (χ0n) is 14.8. The molecule has 0 atom stereocenters. The quantitative estimate of drug-likeness (QED) is 0.523. The number of rotatable bonds is 6. The van der Waals surface area contributed by atoms with Crippen molar-refractivity contribution in [2.45, 2.75) is 6.61 Å². The lowest BCUT2D eigenvalue weighted by Gasteiger charge is -2.06. The van der Waals surface area contributed by atoms with E-state index in [9.17, 15) is 9.18 Å². The summed E-state index contributed by atoms with van der Waals surface area (Å²) in [6.45, 7) is 0.342. The average molecular weight is 373 g/mol. The summed E-state index contributed by atoms with van der Waals surface area (Å²) in [5, 5.41) is 12.7. The lowest BCUT2D eigenvalue weighted by molar-refractivity contribution is 0.0955. The number of hydrazone groups is 1. The molecule has 6 heteroatoms. The number of nitriles is 1. The predicted octanol–water partition coefficient (Wildman–Crippen LogP) is 4.04. The Bertz CT molecular complexity index is 1010. The fraction of sp³-hybridized carbons (Fsp3) is 0.0455. The standard InChI is InChI=1S/C22H16FN3O2/c23-20-9-3-18(4-10-20)15-28-21-11-5-17(6-12-21)14-25-26-22(27)19-7-1-16(13-24)2-8-19/h1-12,14H,15H2,(H,26,27)/b25-14-. The molecule has 0 unspecified atom stereocenters. The molecule has 3 rings (SSSR count). The van der Waals surface area contributed by atoms with E-state index < -0.39 is 0 Å². The number of nitrogens with one attached hydrogen (secondary N) is 1. The van der Waals surface area contributed by atoms with Crippen molar-refractivity contribution in [2.24, 2.45) is 5.10 Å². The van der Waals surface area contributed by atoms with E-state index in [1.165, 1.54) is 18.3 Å². The fourth-order valence-electron chi connectivity index (χ4n) is 2.32. The molecule has 1 amide bonds. The summed E-state index contributed by atoms with van der Waals surface area (Å²) in [7, 11) is 0. The van der Waals surface area contributed by atoms with E-state index in [-0.39, 0.29) is 11.7 Å². The molecule has 0 spiro atoms. The summed E-state index contributed by atoms with van der Waals surface area (Å²) in [4.78, 5) is 12.0. The van der Waals surface area contributed by atoms with Crippen LogP contribution in [0.3, 0.4) is 0 Å². The minimum atomic E-state index is -0.361. The van der Waals surface area contributed by atoms with Crippen molar-refractivity contribution >= 4 is 12.1 Å². The van der Waals surface area contributed by atoms with Crippen molar-refractivity contribution in [3.63, 3.8) is 0 Å². The lowest BCUT2D eigenvalue weighted by Crippen LogP contribution is -2.17. The van der Waals surface area contributed by atoms with Crippen LogP contribution in [0.1, 0.15) is 27.0 Å². The molecular weight excluding hydrogens is 357 g/mol. The topological polar surface area (TPSA) is 74.5 Å². The van der Waals surface area contributed by atoms with Crippen molar-refractivity contribution in [1.29, 1.82) is 5.26 Å². The van der Waals surface area contributed by atoms with Crippen LogP contribution in [0.15, 0.2) is 77.9 Å². The molecule has 0 saturated heterocycles. The van der Waals surface area contributed by atoms with E-state index in [1.54, 1.807) is 60.7 Å². The highest BCUT2D eigenvalue weighted by Gasteiger charge is 2.03. The molecule has 0 aromatic heterocycles. The summed E-state index contributed by atoms with van der Waals surface area (Å²) < 4.78 is 18.5. The highest BCUT2D eigenvalue weighted by molar-refractivity contribution is 5.94. The maximum absolute atomic E-state index is 12.9. The van der Waals surface area contributed by atoms with Crippen LogP contribution in [0.2, 0.25) is 0 Å². The molecule has 0 aliphatic carbocycles. The minimum Gasteiger partial charge on any atom is -0.489 e. The molecule has 3 aromatic carbocycles. The second kappa shape index (κ2) is 9.10. The molecule has 0 saturated carbocycles. The number of amides is 1. The van der Waals surface area contributed by atoms with Crippen LogP contribution >= 0.6 is 0 Å². The minimum absolute atomic E-state index is 0.279. The average Bonchev–Trinajstić information content (AvgIpc) is 2.74. The van der Waals surface area contributed by atoms with E-state index in [2.05, 4.69) is 10.5 Å². The van der Waals surface area contributed by atoms with Crippen molar-refractivity contribution in [1.82, 2.24) is 5.43 Å². The Morgan fingerprint density at radius 3 is 2.36 bits per heavy atom. The third kappa shape index (κ3) is 5.26.